The molecule has 1 aromatic carbocycles. The molecule has 0 aliphatic carbocycles. The van der Waals surface area contributed by atoms with Crippen LogP contribution in [-0.2, 0) is 5.41 Å². The molecule has 0 aromatic heterocycles. The molecule has 74 valence electrons. The van der Waals surface area contributed by atoms with Crippen LogP contribution < -0.4 is 5.73 Å². The molecule has 2 N–H and O–H groups in total. The molecule has 0 bridgehead atoms. The van der Waals surface area contributed by atoms with E-state index < -0.39 is 0 Å². The average Bonchev–Trinajstić information content (AvgIpc) is 1.82. The Bertz CT molecular complexity index is 266. The highest BCUT2D eigenvalue weighted by molar-refractivity contribution is 5.50. The zero-order chi connectivity index (χ0) is 9.35. The van der Waals surface area contributed by atoms with Crippen LogP contribution in [0.25, 0.3) is 0 Å². The van der Waals surface area contributed by atoms with E-state index in [1.54, 1.807) is 12.1 Å². The molecule has 1 rings (SSSR count). The van der Waals surface area contributed by atoms with Gasteiger partial charge in [0.2, 0.25) is 0 Å². The van der Waals surface area contributed by atoms with Gasteiger partial charge in [0.1, 0.15) is 5.82 Å². The quantitative estimate of drug-likeness (QED) is 0.613. The van der Waals surface area contributed by atoms with Crippen LogP contribution in [0.15, 0.2) is 18.2 Å². The fourth-order valence-corrected chi connectivity index (χ4v) is 1.33. The van der Waals surface area contributed by atoms with Gasteiger partial charge in [-0.05, 0) is 17.5 Å². The van der Waals surface area contributed by atoms with Gasteiger partial charge < -0.3 is 5.73 Å². The van der Waals surface area contributed by atoms with Crippen LogP contribution in [0.2, 0.25) is 0 Å². The summed E-state index contributed by atoms with van der Waals surface area (Å²) in [6, 6.07) is 4.79. The second kappa shape index (κ2) is 3.77. The summed E-state index contributed by atoms with van der Waals surface area (Å²) in [6.07, 6.45) is 0. The number of anilines is 1. The highest BCUT2D eigenvalue weighted by atomic mass is 19.1. The van der Waals surface area contributed by atoms with Crippen molar-refractivity contribution < 1.29 is 4.39 Å². The van der Waals surface area contributed by atoms with E-state index in [0.717, 1.165) is 0 Å². The Morgan fingerprint density at radius 2 is 1.77 bits per heavy atom. The summed E-state index contributed by atoms with van der Waals surface area (Å²) in [5.41, 5.74) is 6.57. The van der Waals surface area contributed by atoms with Crippen LogP contribution in [-0.4, -0.2) is 0 Å². The third-order valence-electron chi connectivity index (χ3n) is 1.80. The number of halogens is 1. The molecule has 0 spiro atoms. The van der Waals surface area contributed by atoms with Crippen molar-refractivity contribution in [1.82, 2.24) is 0 Å². The van der Waals surface area contributed by atoms with Gasteiger partial charge in [-0.1, -0.05) is 34.3 Å². The smallest absolute Gasteiger partial charge is 0.128 e. The first-order valence-electron chi connectivity index (χ1n) is 3.97. The zero-order valence-electron chi connectivity index (χ0n) is 7.69. The largest absolute Gasteiger partial charge is 0.398 e. The Balaban J connectivity index is 0.00000144. The van der Waals surface area contributed by atoms with Gasteiger partial charge in [-0.15, -0.1) is 0 Å². The SMILES string of the molecule is C.CC(C)(C)c1c(N)cccc1F. The van der Waals surface area contributed by atoms with Gasteiger partial charge in [0.15, 0.2) is 0 Å². The molecular weight excluding hydrogens is 165 g/mol. The van der Waals surface area contributed by atoms with Crippen molar-refractivity contribution in [2.45, 2.75) is 33.6 Å². The number of hydrogen-bond donors (Lipinski definition) is 1. The number of nitrogen functional groups attached to an aromatic ring is 1. The van der Waals surface area contributed by atoms with Crippen LogP contribution in [0.4, 0.5) is 10.1 Å². The van der Waals surface area contributed by atoms with Crippen LogP contribution in [0.5, 0.6) is 0 Å². The third-order valence-corrected chi connectivity index (χ3v) is 1.80. The van der Waals surface area contributed by atoms with Crippen molar-refractivity contribution in [2.24, 2.45) is 0 Å². The van der Waals surface area contributed by atoms with Gasteiger partial charge in [0, 0.05) is 11.3 Å². The van der Waals surface area contributed by atoms with Crippen LogP contribution in [0.3, 0.4) is 0 Å². The highest BCUT2D eigenvalue weighted by Gasteiger charge is 2.20. The molecule has 0 saturated heterocycles. The standard InChI is InChI=1S/C10H14FN.CH4/c1-10(2,3)9-7(11)5-4-6-8(9)12;/h4-6H,12H2,1-3H3;1H4. The monoisotopic (exact) mass is 183 g/mol. The fraction of sp³-hybridized carbons (Fsp3) is 0.455. The fourth-order valence-electron chi connectivity index (χ4n) is 1.33. The van der Waals surface area contributed by atoms with E-state index in [1.807, 2.05) is 20.8 Å². The number of nitrogens with two attached hydrogens (primary N) is 1. The number of hydrogen-bond acceptors (Lipinski definition) is 1. The Morgan fingerprint density at radius 1 is 1.23 bits per heavy atom. The minimum absolute atomic E-state index is 0. The Hall–Kier alpha value is -1.05. The lowest BCUT2D eigenvalue weighted by atomic mass is 9.85. The molecule has 13 heavy (non-hydrogen) atoms. The molecule has 0 aliphatic heterocycles. The van der Waals surface area contributed by atoms with Crippen molar-refractivity contribution in [3.63, 3.8) is 0 Å². The molecule has 0 heterocycles. The Kier molecular flexibility index (Phi) is 3.47. The minimum atomic E-state index is -0.227. The predicted molar refractivity (Wildman–Crippen MR) is 56.2 cm³/mol. The Morgan fingerprint density at radius 3 is 2.08 bits per heavy atom. The summed E-state index contributed by atoms with van der Waals surface area (Å²) < 4.78 is 13.3. The normalized spacial score (nSPS) is 10.8. The lowest BCUT2D eigenvalue weighted by Gasteiger charge is -2.21. The molecule has 0 saturated carbocycles. The van der Waals surface area contributed by atoms with E-state index in [0.29, 0.717) is 11.3 Å². The Labute approximate surface area is 79.8 Å². The highest BCUT2D eigenvalue weighted by Crippen LogP contribution is 2.29. The summed E-state index contributed by atoms with van der Waals surface area (Å²) in [7, 11) is 0. The van der Waals surface area contributed by atoms with Gasteiger partial charge in [0.05, 0.1) is 0 Å². The van der Waals surface area contributed by atoms with Crippen molar-refractivity contribution in [2.75, 3.05) is 5.73 Å². The van der Waals surface area contributed by atoms with Crippen LogP contribution in [0.1, 0.15) is 33.8 Å². The van der Waals surface area contributed by atoms with Crippen LogP contribution >= 0.6 is 0 Å². The van der Waals surface area contributed by atoms with Gasteiger partial charge in [-0.2, -0.15) is 0 Å². The molecule has 2 heteroatoms. The molecule has 0 aliphatic rings. The molecule has 0 amide bonds. The maximum absolute atomic E-state index is 13.3. The number of rotatable bonds is 0. The molecular formula is C11H18FN. The van der Waals surface area contributed by atoms with E-state index >= 15 is 0 Å². The topological polar surface area (TPSA) is 26.0 Å². The average molecular weight is 183 g/mol. The molecule has 0 radical (unpaired) electrons. The molecule has 0 fully saturated rings. The number of benzene rings is 1. The predicted octanol–water partition coefficient (Wildman–Crippen LogP) is 3.34. The van der Waals surface area contributed by atoms with Crippen molar-refractivity contribution in [3.05, 3.63) is 29.6 Å². The summed E-state index contributed by atoms with van der Waals surface area (Å²) in [5, 5.41) is 0. The van der Waals surface area contributed by atoms with Gasteiger partial charge in [-0.25, -0.2) is 4.39 Å². The molecule has 1 nitrogen and oxygen atoms in total. The van der Waals surface area contributed by atoms with E-state index in [2.05, 4.69) is 0 Å². The first-order valence-corrected chi connectivity index (χ1v) is 3.97. The zero-order valence-corrected chi connectivity index (χ0v) is 7.69. The van der Waals surface area contributed by atoms with Crippen molar-refractivity contribution >= 4 is 5.69 Å². The van der Waals surface area contributed by atoms with Crippen LogP contribution in [0, 0.1) is 5.82 Å². The first-order chi connectivity index (χ1) is 5.43. The lowest BCUT2D eigenvalue weighted by molar-refractivity contribution is 0.525. The van der Waals surface area contributed by atoms with E-state index in [4.69, 9.17) is 5.73 Å². The summed E-state index contributed by atoms with van der Waals surface area (Å²) in [4.78, 5) is 0. The van der Waals surface area contributed by atoms with Gasteiger partial charge >= 0.3 is 0 Å². The first kappa shape index (κ1) is 11.9. The minimum Gasteiger partial charge on any atom is -0.398 e. The second-order valence-corrected chi connectivity index (χ2v) is 3.95. The summed E-state index contributed by atoms with van der Waals surface area (Å²) >= 11 is 0. The lowest BCUT2D eigenvalue weighted by Crippen LogP contribution is -2.16. The summed E-state index contributed by atoms with van der Waals surface area (Å²) in [6.45, 7) is 5.84. The maximum atomic E-state index is 13.3. The molecule has 0 unspecified atom stereocenters. The maximum Gasteiger partial charge on any atom is 0.128 e. The van der Waals surface area contributed by atoms with Crippen molar-refractivity contribution in [3.8, 4) is 0 Å². The third kappa shape index (κ3) is 2.44. The van der Waals surface area contributed by atoms with Gasteiger partial charge in [0.25, 0.3) is 0 Å². The molecule has 1 aromatic rings. The summed E-state index contributed by atoms with van der Waals surface area (Å²) in [5.74, 6) is -0.220. The van der Waals surface area contributed by atoms with Gasteiger partial charge in [-0.3, -0.25) is 0 Å². The van der Waals surface area contributed by atoms with E-state index in [1.165, 1.54) is 6.07 Å². The van der Waals surface area contributed by atoms with E-state index in [-0.39, 0.29) is 18.7 Å². The molecule has 0 atom stereocenters. The van der Waals surface area contributed by atoms with Crippen molar-refractivity contribution in [1.29, 1.82) is 0 Å². The van der Waals surface area contributed by atoms with E-state index in [9.17, 15) is 4.39 Å². The second-order valence-electron chi connectivity index (χ2n) is 3.95.